The van der Waals surface area contributed by atoms with Gasteiger partial charge in [-0.2, -0.15) is 0 Å². The van der Waals surface area contributed by atoms with Gasteiger partial charge >= 0.3 is 0 Å². The molecule has 11 aromatic rings. The second-order valence-electron chi connectivity index (χ2n) is 30.7. The molecule has 106 heavy (non-hydrogen) atoms. The largest absolute Gasteiger partial charge is 0.457 e. The summed E-state index contributed by atoms with van der Waals surface area (Å²) in [6.45, 7) is 15.8. The minimum atomic E-state index is -1.27. The summed E-state index contributed by atoms with van der Waals surface area (Å²) in [6.07, 6.45) is 9.63. The molecule has 0 radical (unpaired) electrons. The Hall–Kier alpha value is -11.3. The van der Waals surface area contributed by atoms with Gasteiger partial charge in [0.05, 0.1) is 22.3 Å². The van der Waals surface area contributed by atoms with E-state index in [2.05, 4.69) is 10.6 Å². The average Bonchev–Trinajstić information content (AvgIpc) is 0.670. The molecule has 2 aliphatic heterocycles. The van der Waals surface area contributed by atoms with Crippen molar-refractivity contribution in [1.82, 2.24) is 9.80 Å². The van der Waals surface area contributed by atoms with Crippen LogP contribution in [-0.4, -0.2) is 85.5 Å². The number of nitrogens with zero attached hydrogens (tertiary/aromatic N) is 4. The molecule has 2 heterocycles. The van der Waals surface area contributed by atoms with E-state index in [1.807, 2.05) is 215 Å². The summed E-state index contributed by atoms with van der Waals surface area (Å²) in [4.78, 5) is 104. The maximum atomic E-state index is 16.7. The number of benzene rings is 11. The van der Waals surface area contributed by atoms with E-state index in [0.717, 1.165) is 130 Å². The number of rotatable bonds is 20. The zero-order chi connectivity index (χ0) is 74.3. The Kier molecular flexibility index (Phi) is 18.8. The van der Waals surface area contributed by atoms with Gasteiger partial charge in [-0.15, -0.1) is 0 Å². The first-order valence-electron chi connectivity index (χ1n) is 37.2. The Balaban J connectivity index is 1.07. The van der Waals surface area contributed by atoms with Gasteiger partial charge in [-0.1, -0.05) is 88.5 Å². The van der Waals surface area contributed by atoms with Crippen LogP contribution in [0.15, 0.2) is 146 Å². The van der Waals surface area contributed by atoms with Crippen molar-refractivity contribution >= 4 is 101 Å². The standard InChI is InChI=1S/C90H90N6O10/c1-49-31-50(2)36-63(35-49)103-73-45-67-77-68(88(100)95(87(67)99)71(43-57-19-15-13-16-20-57)85(97)91-59-23-27-61(28-24-59)93(9)10)47-75(105-65-39-53(5)33-54(6)40-65)81-82-76(106-66-41-55(7)34-56(8)42-66)48-70-78-69(46-74(80(84(78)82)79(73)83(77)81)104-64-37-51(3)32-52(4)38-64)89(101)96(90(70)102)72(44-58-21-17-14-18-22-58)86(98)92-60-25-29-62(30-26-60)94(11)12/h23-42,45-48,57-58,71-72H,13-22,43-44H2,1-12H3,(H,91,97)(H,92,98). The van der Waals surface area contributed by atoms with Crippen LogP contribution >= 0.6 is 0 Å². The maximum Gasteiger partial charge on any atom is 0.262 e. The molecule has 540 valence electrons. The number of fused-ring (bicyclic) bond motifs is 2. The van der Waals surface area contributed by atoms with Crippen LogP contribution in [0, 0.1) is 67.2 Å². The molecule has 2 saturated carbocycles. The number of carbonyl (C=O) groups is 6. The third-order valence-electron chi connectivity index (χ3n) is 21.7. The quantitative estimate of drug-likeness (QED) is 0.0420. The summed E-state index contributed by atoms with van der Waals surface area (Å²) in [6, 6.07) is 42.5. The summed E-state index contributed by atoms with van der Waals surface area (Å²) in [5, 5.41) is 8.93. The number of imide groups is 2. The molecule has 2 unspecified atom stereocenters. The Morgan fingerprint density at radius 2 is 0.594 bits per heavy atom. The van der Waals surface area contributed by atoms with E-state index in [-0.39, 0.29) is 80.7 Å². The van der Waals surface area contributed by atoms with Crippen LogP contribution in [0.4, 0.5) is 22.7 Å². The maximum absolute atomic E-state index is 16.7. The van der Waals surface area contributed by atoms with E-state index in [1.54, 1.807) is 24.3 Å². The lowest BCUT2D eigenvalue weighted by molar-refractivity contribution is -0.121. The van der Waals surface area contributed by atoms with Crippen LogP contribution in [0.2, 0.25) is 0 Å². The highest BCUT2D eigenvalue weighted by Crippen LogP contribution is 2.59. The first kappa shape index (κ1) is 70.4. The van der Waals surface area contributed by atoms with Crippen LogP contribution in [0.25, 0.3) is 43.1 Å². The summed E-state index contributed by atoms with van der Waals surface area (Å²) in [5.74, 6) is -1.44. The Labute approximate surface area is 618 Å². The summed E-state index contributed by atoms with van der Waals surface area (Å²) in [5.41, 5.74) is 10.4. The molecule has 2 atom stereocenters. The van der Waals surface area contributed by atoms with Gasteiger partial charge in [-0.25, -0.2) is 0 Å². The van der Waals surface area contributed by atoms with Crippen LogP contribution in [-0.2, 0) is 9.59 Å². The van der Waals surface area contributed by atoms with Gasteiger partial charge < -0.3 is 39.4 Å². The monoisotopic (exact) mass is 1410 g/mol. The van der Waals surface area contributed by atoms with Gasteiger partial charge in [0.2, 0.25) is 11.8 Å². The van der Waals surface area contributed by atoms with Crippen molar-refractivity contribution in [2.45, 2.75) is 145 Å². The molecule has 15 rings (SSSR count). The van der Waals surface area contributed by atoms with Crippen LogP contribution in [0.1, 0.15) is 163 Å². The van der Waals surface area contributed by atoms with Gasteiger partial charge in [0.25, 0.3) is 23.6 Å². The van der Waals surface area contributed by atoms with Crippen molar-refractivity contribution in [3.8, 4) is 46.0 Å². The van der Waals surface area contributed by atoms with E-state index >= 15 is 28.8 Å². The summed E-state index contributed by atoms with van der Waals surface area (Å²) < 4.78 is 29.8. The average molecular weight is 1420 g/mol. The fourth-order valence-corrected chi connectivity index (χ4v) is 17.2. The first-order valence-corrected chi connectivity index (χ1v) is 37.2. The predicted molar refractivity (Wildman–Crippen MR) is 421 cm³/mol. The lowest BCUT2D eigenvalue weighted by Gasteiger charge is -2.37. The molecule has 0 aromatic heterocycles. The van der Waals surface area contributed by atoms with Crippen molar-refractivity contribution in [1.29, 1.82) is 0 Å². The summed E-state index contributed by atoms with van der Waals surface area (Å²) >= 11 is 0. The second kappa shape index (κ2) is 28.3. The molecule has 4 aliphatic rings. The van der Waals surface area contributed by atoms with Crippen molar-refractivity contribution in [2.24, 2.45) is 11.8 Å². The van der Waals surface area contributed by atoms with Crippen molar-refractivity contribution < 1.29 is 47.7 Å². The number of hydrogen-bond donors (Lipinski definition) is 2. The molecule has 0 spiro atoms. The Bertz CT molecular complexity index is 4770. The minimum Gasteiger partial charge on any atom is -0.457 e. The molecular weight excluding hydrogens is 1330 g/mol. The number of aryl methyl sites for hydroxylation is 8. The van der Waals surface area contributed by atoms with Gasteiger partial charge in [0.1, 0.15) is 58.1 Å². The molecular formula is C90H90N6O10. The zero-order valence-corrected chi connectivity index (χ0v) is 62.5. The Morgan fingerprint density at radius 1 is 0.349 bits per heavy atom. The smallest absolute Gasteiger partial charge is 0.262 e. The van der Waals surface area contributed by atoms with Crippen molar-refractivity contribution in [2.75, 3.05) is 48.6 Å². The van der Waals surface area contributed by atoms with Crippen molar-refractivity contribution in [3.05, 3.63) is 212 Å². The first-order chi connectivity index (χ1) is 50.9. The number of amides is 6. The zero-order valence-electron chi connectivity index (χ0n) is 62.5. The van der Waals surface area contributed by atoms with E-state index < -0.39 is 47.5 Å². The highest BCUT2D eigenvalue weighted by Gasteiger charge is 2.47. The molecule has 16 heteroatoms. The molecule has 16 nitrogen and oxygen atoms in total. The van der Waals surface area contributed by atoms with Gasteiger partial charge in [0.15, 0.2) is 0 Å². The number of anilines is 4. The molecule has 0 bridgehead atoms. The number of ether oxygens (including phenoxy) is 4. The van der Waals surface area contributed by atoms with E-state index in [1.165, 1.54) is 0 Å². The lowest BCUT2D eigenvalue weighted by atomic mass is 9.79. The molecule has 2 N–H and O–H groups in total. The molecule has 11 aromatic carbocycles. The van der Waals surface area contributed by atoms with Crippen molar-refractivity contribution in [3.63, 3.8) is 0 Å². The van der Waals surface area contributed by atoms with Gasteiger partial charge in [-0.3, -0.25) is 38.6 Å². The highest BCUT2D eigenvalue weighted by atomic mass is 16.5. The minimum absolute atomic E-state index is 0.0201. The topological polar surface area (TPSA) is 176 Å². The number of carbonyl (C=O) groups excluding carboxylic acids is 6. The molecule has 2 fully saturated rings. The fraction of sp³-hybridized carbons (Fsp3) is 0.311. The van der Waals surface area contributed by atoms with E-state index in [4.69, 9.17) is 18.9 Å². The SMILES string of the molecule is Cc1cc(C)cc(Oc2cc3c4c(cc(Oc5cc(C)cc(C)c5)c5c6c(Oc7cc(C)cc(C)c7)cc7c8c(cc(Oc9cc(C)cc(C)c9)c(c2c45)c86)C(=O)N(C(CC2CCCCC2)C(=O)Nc2ccc(N(C)C)cc2)C7=O)C(=O)N(C(CC2CCCCC2)C(=O)Nc2ccc(N(C)C)cc2)C3=O)c1. The third-order valence-corrected chi connectivity index (χ3v) is 21.7. The molecule has 2 aliphatic carbocycles. The second-order valence-corrected chi connectivity index (χ2v) is 30.7. The van der Waals surface area contributed by atoms with Crippen LogP contribution in [0.3, 0.4) is 0 Å². The van der Waals surface area contributed by atoms with E-state index in [0.29, 0.717) is 66.7 Å². The Morgan fingerprint density at radius 3 is 0.830 bits per heavy atom. The van der Waals surface area contributed by atoms with Crippen LogP contribution in [0.5, 0.6) is 46.0 Å². The van der Waals surface area contributed by atoms with Gasteiger partial charge in [0, 0.05) is 94.0 Å². The molecule has 6 amide bonds. The lowest BCUT2D eigenvalue weighted by Crippen LogP contribution is -2.53. The van der Waals surface area contributed by atoms with Crippen LogP contribution < -0.4 is 39.4 Å². The van der Waals surface area contributed by atoms with E-state index in [9.17, 15) is 0 Å². The third kappa shape index (κ3) is 13.5. The number of nitrogens with one attached hydrogen (secondary N) is 2. The number of hydrogen-bond acceptors (Lipinski definition) is 12. The highest BCUT2D eigenvalue weighted by molar-refractivity contribution is 6.45. The molecule has 0 saturated heterocycles. The summed E-state index contributed by atoms with van der Waals surface area (Å²) in [7, 11) is 7.76. The normalized spacial score (nSPS) is 15.4. The predicted octanol–water partition coefficient (Wildman–Crippen LogP) is 20.7. The van der Waals surface area contributed by atoms with Gasteiger partial charge in [-0.05, 0) is 246 Å². The fourth-order valence-electron chi connectivity index (χ4n) is 17.2.